The minimum Gasteiger partial charge on any atom is -0.344 e. The summed E-state index contributed by atoms with van der Waals surface area (Å²) in [5.41, 5.74) is 0. The van der Waals surface area contributed by atoms with Crippen LogP contribution in [0, 0.1) is 0 Å². The van der Waals surface area contributed by atoms with Crippen LogP contribution in [0.4, 0.5) is 0 Å². The minimum absolute atomic E-state index is 0. The average Bonchev–Trinajstić information content (AvgIpc) is 1.90. The molecule has 1 aliphatic heterocycles. The Kier molecular flexibility index (Phi) is 4.95. The standard InChI is InChI=1S/C5H12N2.H3N/c1-2-6-4-5-7-3-1;/h6-7H,1-5H2;1H3. The highest BCUT2D eigenvalue weighted by Gasteiger charge is 1.92. The lowest BCUT2D eigenvalue weighted by molar-refractivity contribution is 0.718. The van der Waals surface area contributed by atoms with E-state index >= 15 is 0 Å². The Morgan fingerprint density at radius 1 is 0.750 bits per heavy atom. The van der Waals surface area contributed by atoms with Crippen molar-refractivity contribution in [2.75, 3.05) is 26.2 Å². The van der Waals surface area contributed by atoms with Crippen molar-refractivity contribution >= 4 is 0 Å². The van der Waals surface area contributed by atoms with Crippen LogP contribution >= 0.6 is 0 Å². The molecule has 0 aliphatic carbocycles. The first-order chi connectivity index (χ1) is 3.50. The summed E-state index contributed by atoms with van der Waals surface area (Å²) < 4.78 is 0. The summed E-state index contributed by atoms with van der Waals surface area (Å²) in [5, 5.41) is 6.57. The molecular weight excluding hydrogens is 102 g/mol. The van der Waals surface area contributed by atoms with Crippen LogP contribution in [0.3, 0.4) is 0 Å². The van der Waals surface area contributed by atoms with Gasteiger partial charge in [0.25, 0.3) is 0 Å². The van der Waals surface area contributed by atoms with E-state index in [4.69, 9.17) is 0 Å². The van der Waals surface area contributed by atoms with E-state index in [0.717, 1.165) is 13.1 Å². The highest BCUT2D eigenvalue weighted by molar-refractivity contribution is 4.57. The van der Waals surface area contributed by atoms with Crippen LogP contribution in [-0.4, -0.2) is 26.2 Å². The van der Waals surface area contributed by atoms with Crippen molar-refractivity contribution in [2.24, 2.45) is 0 Å². The van der Waals surface area contributed by atoms with Crippen molar-refractivity contribution in [3.05, 3.63) is 0 Å². The number of rotatable bonds is 0. The molecule has 3 heteroatoms. The Balaban J connectivity index is 0.000000490. The van der Waals surface area contributed by atoms with Crippen LogP contribution in [0.5, 0.6) is 0 Å². The minimum atomic E-state index is 0. The molecule has 0 amide bonds. The van der Waals surface area contributed by atoms with E-state index < -0.39 is 0 Å². The molecule has 0 saturated carbocycles. The van der Waals surface area contributed by atoms with Crippen LogP contribution in [0.1, 0.15) is 6.42 Å². The molecule has 0 aromatic carbocycles. The smallest absolute Gasteiger partial charge is 0.00767 e. The predicted molar refractivity (Wildman–Crippen MR) is 35.4 cm³/mol. The molecule has 0 bridgehead atoms. The van der Waals surface area contributed by atoms with Gasteiger partial charge in [0.1, 0.15) is 0 Å². The van der Waals surface area contributed by atoms with Gasteiger partial charge in [-0.2, -0.15) is 0 Å². The molecule has 1 fully saturated rings. The van der Waals surface area contributed by atoms with E-state index in [-0.39, 0.29) is 6.15 Å². The van der Waals surface area contributed by atoms with Gasteiger partial charge in [0, 0.05) is 13.1 Å². The Bertz CT molecular complexity index is 27.3. The lowest BCUT2D eigenvalue weighted by atomic mass is 10.4. The monoisotopic (exact) mass is 117 g/mol. The molecule has 0 atom stereocenters. The van der Waals surface area contributed by atoms with Gasteiger partial charge in [-0.3, -0.25) is 0 Å². The van der Waals surface area contributed by atoms with Crippen molar-refractivity contribution in [2.45, 2.75) is 6.42 Å². The molecule has 1 saturated heterocycles. The van der Waals surface area contributed by atoms with E-state index in [1.165, 1.54) is 19.5 Å². The molecule has 0 aromatic rings. The van der Waals surface area contributed by atoms with Gasteiger partial charge >= 0.3 is 0 Å². The van der Waals surface area contributed by atoms with Gasteiger partial charge < -0.3 is 16.8 Å². The molecule has 0 unspecified atom stereocenters. The van der Waals surface area contributed by atoms with Gasteiger partial charge in [-0.15, -0.1) is 0 Å². The van der Waals surface area contributed by atoms with Crippen LogP contribution < -0.4 is 16.8 Å². The molecule has 8 heavy (non-hydrogen) atoms. The van der Waals surface area contributed by atoms with Crippen LogP contribution in [0.25, 0.3) is 0 Å². The van der Waals surface area contributed by atoms with Crippen molar-refractivity contribution in [3.63, 3.8) is 0 Å². The summed E-state index contributed by atoms with van der Waals surface area (Å²) in [4.78, 5) is 0. The van der Waals surface area contributed by atoms with Crippen LogP contribution in [0.2, 0.25) is 0 Å². The van der Waals surface area contributed by atoms with E-state index in [1.54, 1.807) is 0 Å². The molecule has 0 aromatic heterocycles. The van der Waals surface area contributed by atoms with E-state index in [1.807, 2.05) is 0 Å². The lowest BCUT2D eigenvalue weighted by Gasteiger charge is -1.92. The first-order valence-corrected chi connectivity index (χ1v) is 2.91. The maximum atomic E-state index is 3.28. The van der Waals surface area contributed by atoms with Crippen molar-refractivity contribution in [1.29, 1.82) is 0 Å². The molecular formula is C5H15N3. The van der Waals surface area contributed by atoms with Gasteiger partial charge in [-0.25, -0.2) is 0 Å². The molecule has 0 radical (unpaired) electrons. The maximum Gasteiger partial charge on any atom is 0.00767 e. The molecule has 1 heterocycles. The van der Waals surface area contributed by atoms with Gasteiger partial charge in [0.15, 0.2) is 0 Å². The molecule has 0 spiro atoms. The molecule has 1 rings (SSSR count). The van der Waals surface area contributed by atoms with Crippen molar-refractivity contribution in [3.8, 4) is 0 Å². The summed E-state index contributed by atoms with van der Waals surface area (Å²) >= 11 is 0. The van der Waals surface area contributed by atoms with Crippen LogP contribution in [-0.2, 0) is 0 Å². The highest BCUT2D eigenvalue weighted by atomic mass is 15.0. The van der Waals surface area contributed by atoms with Gasteiger partial charge in [0.2, 0.25) is 0 Å². The first kappa shape index (κ1) is 7.88. The number of hydrogen-bond donors (Lipinski definition) is 3. The Morgan fingerprint density at radius 2 is 1.25 bits per heavy atom. The van der Waals surface area contributed by atoms with Gasteiger partial charge in [-0.1, -0.05) is 0 Å². The Labute approximate surface area is 50.4 Å². The second-order valence-electron chi connectivity index (χ2n) is 1.85. The molecule has 50 valence electrons. The zero-order valence-electron chi connectivity index (χ0n) is 5.24. The van der Waals surface area contributed by atoms with Gasteiger partial charge in [0.05, 0.1) is 0 Å². The average molecular weight is 117 g/mol. The zero-order chi connectivity index (χ0) is 4.95. The quantitative estimate of drug-likeness (QED) is 0.409. The van der Waals surface area contributed by atoms with Crippen molar-refractivity contribution in [1.82, 2.24) is 16.8 Å². The van der Waals surface area contributed by atoms with Gasteiger partial charge in [-0.05, 0) is 19.5 Å². The second kappa shape index (κ2) is 5.03. The lowest BCUT2D eigenvalue weighted by Crippen LogP contribution is -2.21. The fraction of sp³-hybridized carbons (Fsp3) is 1.00. The molecule has 1 aliphatic rings. The number of hydrogen-bond acceptors (Lipinski definition) is 3. The molecule has 3 nitrogen and oxygen atoms in total. The van der Waals surface area contributed by atoms with E-state index in [9.17, 15) is 0 Å². The van der Waals surface area contributed by atoms with Crippen LogP contribution in [0.15, 0.2) is 0 Å². The second-order valence-corrected chi connectivity index (χ2v) is 1.85. The van der Waals surface area contributed by atoms with Crippen molar-refractivity contribution < 1.29 is 0 Å². The fourth-order valence-electron chi connectivity index (χ4n) is 0.765. The third-order valence-corrected chi connectivity index (χ3v) is 1.19. The summed E-state index contributed by atoms with van der Waals surface area (Å²) in [6.45, 7) is 4.65. The fourth-order valence-corrected chi connectivity index (χ4v) is 0.765. The summed E-state index contributed by atoms with van der Waals surface area (Å²) in [7, 11) is 0. The zero-order valence-corrected chi connectivity index (χ0v) is 5.24. The summed E-state index contributed by atoms with van der Waals surface area (Å²) in [5.74, 6) is 0. The van der Waals surface area contributed by atoms with E-state index in [0.29, 0.717) is 0 Å². The summed E-state index contributed by atoms with van der Waals surface area (Å²) in [6, 6.07) is 0. The summed E-state index contributed by atoms with van der Waals surface area (Å²) in [6.07, 6.45) is 1.28. The normalized spacial score (nSPS) is 21.0. The largest absolute Gasteiger partial charge is 0.344 e. The third kappa shape index (κ3) is 2.96. The SMILES string of the molecule is C1CNCCNC1.N. The number of nitrogens with one attached hydrogen (secondary N) is 2. The molecule has 5 N–H and O–H groups in total. The van der Waals surface area contributed by atoms with E-state index in [2.05, 4.69) is 10.6 Å². The highest BCUT2D eigenvalue weighted by Crippen LogP contribution is 1.75. The Morgan fingerprint density at radius 3 is 1.75 bits per heavy atom. The first-order valence-electron chi connectivity index (χ1n) is 2.91. The predicted octanol–water partition coefficient (Wildman–Crippen LogP) is -0.269. The maximum absolute atomic E-state index is 3.28. The Hall–Kier alpha value is -0.120. The topological polar surface area (TPSA) is 59.1 Å². The third-order valence-electron chi connectivity index (χ3n) is 1.19.